The molecule has 0 saturated heterocycles. The predicted octanol–water partition coefficient (Wildman–Crippen LogP) is 5.87. The van der Waals surface area contributed by atoms with Crippen LogP contribution < -0.4 is 10.1 Å². The maximum Gasteiger partial charge on any atom is 0.404 e. The van der Waals surface area contributed by atoms with Crippen LogP contribution in [0, 0.1) is 27.4 Å². The van der Waals surface area contributed by atoms with Crippen LogP contribution in [0.2, 0.25) is 0 Å². The van der Waals surface area contributed by atoms with Crippen molar-refractivity contribution >= 4 is 49.3 Å². The molecule has 1 aromatic carbocycles. The minimum atomic E-state index is -0.450. The standard InChI is InChI=1S/C25H26Br2N6O4/c26-18-1-3-20(4-2-18)37-15-31-12-19(11-28-31)29-22(34)10-24-6-16-5-17(7-24)9-25(8-16,14-24)32-13-21(27)23(30-32)33(35)36/h1-4,11-13,16-17H,5-10,14-15H2,(H,29,34). The molecule has 12 heteroatoms. The lowest BCUT2D eigenvalue weighted by Gasteiger charge is -2.61. The number of nitro groups is 1. The van der Waals surface area contributed by atoms with E-state index in [0.717, 1.165) is 42.3 Å². The van der Waals surface area contributed by atoms with Gasteiger partial charge < -0.3 is 20.2 Å². The highest BCUT2D eigenvalue weighted by molar-refractivity contribution is 9.10. The number of halogens is 2. The normalized spacial score (nSPS) is 27.8. The van der Waals surface area contributed by atoms with Crippen molar-refractivity contribution < 1.29 is 14.5 Å². The van der Waals surface area contributed by atoms with Crippen LogP contribution in [0.25, 0.3) is 0 Å². The van der Waals surface area contributed by atoms with E-state index in [0.29, 0.717) is 28.4 Å². The Bertz CT molecular complexity index is 1340. The first-order valence-electron chi connectivity index (χ1n) is 12.3. The van der Waals surface area contributed by atoms with E-state index in [9.17, 15) is 14.9 Å². The largest absolute Gasteiger partial charge is 0.471 e. The van der Waals surface area contributed by atoms with Gasteiger partial charge in [0.2, 0.25) is 5.91 Å². The Balaban J connectivity index is 1.13. The molecule has 4 aliphatic rings. The van der Waals surface area contributed by atoms with Crippen molar-refractivity contribution in [1.29, 1.82) is 0 Å². The molecule has 2 atom stereocenters. The van der Waals surface area contributed by atoms with E-state index in [2.05, 4.69) is 47.4 Å². The van der Waals surface area contributed by atoms with Crippen molar-refractivity contribution in [3.05, 3.63) is 61.9 Å². The summed E-state index contributed by atoms with van der Waals surface area (Å²) < 4.78 is 10.6. The molecule has 4 saturated carbocycles. The zero-order valence-corrected chi connectivity index (χ0v) is 23.1. The fourth-order valence-electron chi connectivity index (χ4n) is 7.30. The summed E-state index contributed by atoms with van der Waals surface area (Å²) in [5.41, 5.74) is 0.244. The zero-order chi connectivity index (χ0) is 25.8. The molecule has 7 rings (SSSR count). The van der Waals surface area contributed by atoms with Gasteiger partial charge in [-0.25, -0.2) is 4.68 Å². The van der Waals surface area contributed by atoms with Crippen molar-refractivity contribution in [3.63, 3.8) is 0 Å². The molecular weight excluding hydrogens is 608 g/mol. The number of ether oxygens (including phenoxy) is 1. The van der Waals surface area contributed by atoms with Gasteiger partial charge in [0.15, 0.2) is 6.73 Å². The second-order valence-electron chi connectivity index (χ2n) is 10.9. The van der Waals surface area contributed by atoms with Crippen LogP contribution in [-0.2, 0) is 17.1 Å². The Hall–Kier alpha value is -2.73. The van der Waals surface area contributed by atoms with Crippen molar-refractivity contribution in [2.45, 2.75) is 57.2 Å². The van der Waals surface area contributed by atoms with Crippen LogP contribution in [0.1, 0.15) is 44.9 Å². The van der Waals surface area contributed by atoms with Gasteiger partial charge in [0.25, 0.3) is 0 Å². The van der Waals surface area contributed by atoms with Crippen molar-refractivity contribution in [3.8, 4) is 5.75 Å². The lowest BCUT2D eigenvalue weighted by atomic mass is 9.46. The molecule has 1 amide bonds. The van der Waals surface area contributed by atoms with Crippen molar-refractivity contribution in [1.82, 2.24) is 19.6 Å². The number of aromatic nitrogens is 4. The molecule has 4 aliphatic carbocycles. The third-order valence-electron chi connectivity index (χ3n) is 8.09. The van der Waals surface area contributed by atoms with Crippen LogP contribution in [0.4, 0.5) is 11.5 Å². The average Bonchev–Trinajstić information content (AvgIpc) is 3.44. The molecule has 194 valence electrons. The van der Waals surface area contributed by atoms with E-state index in [4.69, 9.17) is 4.74 Å². The molecule has 0 aliphatic heterocycles. The summed E-state index contributed by atoms with van der Waals surface area (Å²) in [5.74, 6) is 1.57. The minimum absolute atomic E-state index is 0.0295. The fourth-order valence-corrected chi connectivity index (χ4v) is 7.99. The van der Waals surface area contributed by atoms with Gasteiger partial charge in [-0.3, -0.25) is 4.79 Å². The number of nitrogens with zero attached hydrogens (tertiary/aromatic N) is 5. The fraction of sp³-hybridized carbons (Fsp3) is 0.480. The number of hydrogen-bond donors (Lipinski definition) is 1. The molecule has 2 unspecified atom stereocenters. The number of carbonyl (C=O) groups excluding carboxylic acids is 1. The van der Waals surface area contributed by atoms with Crippen LogP contribution in [0.3, 0.4) is 0 Å². The quantitative estimate of drug-likeness (QED) is 0.245. The van der Waals surface area contributed by atoms with E-state index >= 15 is 0 Å². The second kappa shape index (κ2) is 9.23. The summed E-state index contributed by atoms with van der Waals surface area (Å²) in [6.07, 6.45) is 11.5. The first-order valence-corrected chi connectivity index (χ1v) is 13.9. The van der Waals surface area contributed by atoms with E-state index in [1.807, 2.05) is 28.9 Å². The highest BCUT2D eigenvalue weighted by Crippen LogP contribution is 2.65. The number of carbonyl (C=O) groups is 1. The Morgan fingerprint density at radius 1 is 1.16 bits per heavy atom. The van der Waals surface area contributed by atoms with Crippen molar-refractivity contribution in [2.24, 2.45) is 17.3 Å². The molecule has 4 fully saturated rings. The molecule has 0 radical (unpaired) electrons. The molecule has 0 spiro atoms. The highest BCUT2D eigenvalue weighted by Gasteiger charge is 2.60. The van der Waals surface area contributed by atoms with Gasteiger partial charge >= 0.3 is 5.82 Å². The van der Waals surface area contributed by atoms with Crippen LogP contribution in [0.15, 0.2) is 51.8 Å². The summed E-state index contributed by atoms with van der Waals surface area (Å²) in [5, 5.41) is 23.1. The summed E-state index contributed by atoms with van der Waals surface area (Å²) in [6.45, 7) is 0.235. The van der Waals surface area contributed by atoms with Crippen LogP contribution in [0.5, 0.6) is 5.75 Å². The Morgan fingerprint density at radius 2 is 1.89 bits per heavy atom. The number of nitrogens with one attached hydrogen (secondary N) is 1. The predicted molar refractivity (Wildman–Crippen MR) is 142 cm³/mol. The molecule has 3 aromatic rings. The number of benzene rings is 1. The first-order chi connectivity index (χ1) is 17.7. The summed E-state index contributed by atoms with van der Waals surface area (Å²) >= 11 is 6.71. The monoisotopic (exact) mass is 632 g/mol. The summed E-state index contributed by atoms with van der Waals surface area (Å²) in [4.78, 5) is 24.2. The summed E-state index contributed by atoms with van der Waals surface area (Å²) in [6, 6.07) is 7.56. The number of anilines is 1. The third-order valence-corrected chi connectivity index (χ3v) is 9.18. The molecular formula is C25H26Br2N6O4. The maximum absolute atomic E-state index is 13.2. The Morgan fingerprint density at radius 3 is 2.57 bits per heavy atom. The lowest BCUT2D eigenvalue weighted by molar-refractivity contribution is -0.390. The third kappa shape index (κ3) is 4.81. The Kier molecular flexibility index (Phi) is 6.14. The molecule has 1 N–H and O–H groups in total. The average molecular weight is 634 g/mol. The first kappa shape index (κ1) is 24.6. The topological polar surface area (TPSA) is 117 Å². The van der Waals surface area contributed by atoms with Gasteiger partial charge in [0.1, 0.15) is 10.2 Å². The smallest absolute Gasteiger partial charge is 0.404 e. The van der Waals surface area contributed by atoms with E-state index in [1.54, 1.807) is 23.3 Å². The van der Waals surface area contributed by atoms with Gasteiger partial charge in [-0.2, -0.15) is 9.78 Å². The molecule has 10 nitrogen and oxygen atoms in total. The van der Waals surface area contributed by atoms with Crippen molar-refractivity contribution in [2.75, 3.05) is 5.32 Å². The van der Waals surface area contributed by atoms with E-state index < -0.39 is 4.92 Å². The minimum Gasteiger partial charge on any atom is -0.471 e. The molecule has 2 heterocycles. The molecule has 2 aromatic heterocycles. The van der Waals surface area contributed by atoms with Gasteiger partial charge in [-0.1, -0.05) is 15.9 Å². The maximum atomic E-state index is 13.2. The van der Waals surface area contributed by atoms with Crippen LogP contribution >= 0.6 is 31.9 Å². The molecule has 37 heavy (non-hydrogen) atoms. The Labute approximate surface area is 230 Å². The van der Waals surface area contributed by atoms with E-state index in [-0.39, 0.29) is 29.4 Å². The van der Waals surface area contributed by atoms with Crippen LogP contribution in [-0.4, -0.2) is 30.4 Å². The van der Waals surface area contributed by atoms with Gasteiger partial charge in [-0.15, -0.1) is 0 Å². The number of rotatable bonds is 8. The second-order valence-corrected chi connectivity index (χ2v) is 12.7. The summed E-state index contributed by atoms with van der Waals surface area (Å²) in [7, 11) is 0. The number of amides is 1. The van der Waals surface area contributed by atoms with Gasteiger partial charge in [0.05, 0.1) is 34.9 Å². The zero-order valence-electron chi connectivity index (χ0n) is 20.0. The molecule has 4 bridgehead atoms. The SMILES string of the molecule is O=C(CC12CC3CC(C1)CC(n1cc(Br)c([N+](=O)[O-])n1)(C3)C2)Nc1cnn(COc2ccc(Br)cc2)c1. The lowest BCUT2D eigenvalue weighted by Crippen LogP contribution is -2.57. The van der Waals surface area contributed by atoms with Gasteiger partial charge in [0, 0.05) is 10.9 Å². The highest BCUT2D eigenvalue weighted by atomic mass is 79.9. The van der Waals surface area contributed by atoms with Gasteiger partial charge in [-0.05, 0) is 101 Å². The van der Waals surface area contributed by atoms with E-state index in [1.165, 1.54) is 6.42 Å². The number of hydrogen-bond acceptors (Lipinski definition) is 6.